The van der Waals surface area contributed by atoms with Gasteiger partial charge in [0.15, 0.2) is 0 Å². The first-order valence-electron chi connectivity index (χ1n) is 6.64. The summed E-state index contributed by atoms with van der Waals surface area (Å²) in [5.41, 5.74) is 6.43. The van der Waals surface area contributed by atoms with E-state index in [0.717, 1.165) is 0 Å². The molecule has 0 heteroatoms. The molecule has 88 valence electrons. The second-order valence-corrected chi connectivity index (χ2v) is 5.79. The summed E-state index contributed by atoms with van der Waals surface area (Å²) < 4.78 is 0. The molecule has 2 aliphatic rings. The average Bonchev–Trinajstić information content (AvgIpc) is 3.13. The summed E-state index contributed by atoms with van der Waals surface area (Å²) >= 11 is 0. The number of allylic oxidation sites excluding steroid dienone is 3. The number of hydrogen-bond acceptors (Lipinski definition) is 0. The maximum absolute atomic E-state index is 4.37. The molecular weight excluding hydrogens is 204 g/mol. The highest BCUT2D eigenvalue weighted by molar-refractivity contribution is 5.69. The Morgan fingerprint density at radius 1 is 1.06 bits per heavy atom. The first kappa shape index (κ1) is 10.8. The molecule has 0 nitrogen and oxygen atoms in total. The van der Waals surface area contributed by atoms with Gasteiger partial charge in [0.05, 0.1) is 0 Å². The Morgan fingerprint density at radius 3 is 2.41 bits per heavy atom. The lowest BCUT2D eigenvalue weighted by Crippen LogP contribution is -2.12. The van der Waals surface area contributed by atoms with E-state index in [1.165, 1.54) is 43.2 Å². The summed E-state index contributed by atoms with van der Waals surface area (Å²) in [4.78, 5) is 0. The maximum Gasteiger partial charge on any atom is -0.00350 e. The zero-order chi connectivity index (χ0) is 11.9. The smallest absolute Gasteiger partial charge is 0.00350 e. The van der Waals surface area contributed by atoms with Crippen LogP contribution in [0.25, 0.3) is 5.57 Å². The van der Waals surface area contributed by atoms with Gasteiger partial charge in [-0.05, 0) is 48.7 Å². The molecule has 1 aromatic carbocycles. The summed E-state index contributed by atoms with van der Waals surface area (Å²) in [6, 6.07) is 10.7. The second kappa shape index (κ2) is 3.87. The minimum absolute atomic E-state index is 0.298. The number of rotatable bonds is 2. The van der Waals surface area contributed by atoms with Crippen molar-refractivity contribution in [3.63, 3.8) is 0 Å². The predicted molar refractivity (Wildman–Crippen MR) is 73.7 cm³/mol. The Morgan fingerprint density at radius 2 is 1.76 bits per heavy atom. The molecule has 2 aliphatic carbocycles. The minimum atomic E-state index is 0.298. The summed E-state index contributed by atoms with van der Waals surface area (Å²) in [5, 5.41) is 0. The molecule has 17 heavy (non-hydrogen) atoms. The Bertz CT molecular complexity index is 472. The van der Waals surface area contributed by atoms with Crippen LogP contribution in [-0.4, -0.2) is 0 Å². The van der Waals surface area contributed by atoms with Gasteiger partial charge in [-0.3, -0.25) is 0 Å². The Balaban J connectivity index is 1.85. The van der Waals surface area contributed by atoms with Gasteiger partial charge in [0.25, 0.3) is 0 Å². The van der Waals surface area contributed by atoms with Crippen LogP contribution >= 0.6 is 0 Å². The van der Waals surface area contributed by atoms with Crippen LogP contribution in [-0.2, 0) is 0 Å². The fraction of sp³-hybridized carbons (Fsp3) is 0.412. The molecule has 0 heterocycles. The van der Waals surface area contributed by atoms with Gasteiger partial charge in [-0.1, -0.05) is 55.0 Å². The SMILES string of the molecule is C=C(c1ccccc1)C1(C)CCC(=C2CC2)C1. The van der Waals surface area contributed by atoms with E-state index >= 15 is 0 Å². The maximum atomic E-state index is 4.37. The molecule has 1 aromatic rings. The molecule has 2 fully saturated rings. The average molecular weight is 224 g/mol. The molecule has 0 radical (unpaired) electrons. The van der Waals surface area contributed by atoms with Crippen LogP contribution < -0.4 is 0 Å². The molecule has 0 saturated heterocycles. The van der Waals surface area contributed by atoms with Crippen LogP contribution in [0.3, 0.4) is 0 Å². The summed E-state index contributed by atoms with van der Waals surface area (Å²) in [6.07, 6.45) is 6.56. The van der Waals surface area contributed by atoms with Gasteiger partial charge in [0.2, 0.25) is 0 Å². The van der Waals surface area contributed by atoms with E-state index in [1.54, 1.807) is 11.1 Å². The first-order chi connectivity index (χ1) is 8.19. The molecule has 0 aromatic heterocycles. The predicted octanol–water partition coefficient (Wildman–Crippen LogP) is 4.98. The Kier molecular flexibility index (Phi) is 2.47. The van der Waals surface area contributed by atoms with E-state index in [0.29, 0.717) is 5.41 Å². The monoisotopic (exact) mass is 224 g/mol. The third-order valence-corrected chi connectivity index (χ3v) is 4.43. The zero-order valence-corrected chi connectivity index (χ0v) is 10.6. The van der Waals surface area contributed by atoms with Crippen molar-refractivity contribution < 1.29 is 0 Å². The van der Waals surface area contributed by atoms with Crippen molar-refractivity contribution in [2.45, 2.75) is 39.0 Å². The molecule has 1 atom stereocenters. The van der Waals surface area contributed by atoms with Crippen molar-refractivity contribution in [2.75, 3.05) is 0 Å². The number of benzene rings is 1. The summed E-state index contributed by atoms with van der Waals surface area (Å²) in [7, 11) is 0. The Labute approximate surface area is 104 Å². The van der Waals surface area contributed by atoms with Crippen molar-refractivity contribution in [3.8, 4) is 0 Å². The van der Waals surface area contributed by atoms with E-state index in [1.807, 2.05) is 0 Å². The lowest BCUT2D eigenvalue weighted by Gasteiger charge is -2.26. The van der Waals surface area contributed by atoms with Crippen LogP contribution in [0.4, 0.5) is 0 Å². The minimum Gasteiger partial charge on any atom is -0.0947 e. The summed E-state index contributed by atoms with van der Waals surface area (Å²) in [6.45, 7) is 6.76. The van der Waals surface area contributed by atoms with E-state index in [4.69, 9.17) is 0 Å². The second-order valence-electron chi connectivity index (χ2n) is 5.79. The van der Waals surface area contributed by atoms with Crippen molar-refractivity contribution in [1.29, 1.82) is 0 Å². The fourth-order valence-electron chi connectivity index (χ4n) is 3.04. The standard InChI is InChI=1S/C17H20/c1-13(14-6-4-3-5-7-14)17(2)11-10-16(12-17)15-8-9-15/h3-7H,1,8-12H2,2H3. The van der Waals surface area contributed by atoms with E-state index in [2.05, 4.69) is 43.8 Å². The van der Waals surface area contributed by atoms with Gasteiger partial charge in [0, 0.05) is 0 Å². The third kappa shape index (κ3) is 1.97. The topological polar surface area (TPSA) is 0 Å². The molecule has 3 rings (SSSR count). The zero-order valence-electron chi connectivity index (χ0n) is 10.6. The van der Waals surface area contributed by atoms with Crippen LogP contribution in [0.2, 0.25) is 0 Å². The van der Waals surface area contributed by atoms with Crippen molar-refractivity contribution in [2.24, 2.45) is 5.41 Å². The third-order valence-electron chi connectivity index (χ3n) is 4.43. The molecule has 1 unspecified atom stereocenters. The van der Waals surface area contributed by atoms with Gasteiger partial charge < -0.3 is 0 Å². The van der Waals surface area contributed by atoms with Gasteiger partial charge in [-0.2, -0.15) is 0 Å². The fourth-order valence-corrected chi connectivity index (χ4v) is 3.04. The van der Waals surface area contributed by atoms with Crippen LogP contribution in [0.5, 0.6) is 0 Å². The van der Waals surface area contributed by atoms with Gasteiger partial charge in [0.1, 0.15) is 0 Å². The van der Waals surface area contributed by atoms with Crippen molar-refractivity contribution in [1.82, 2.24) is 0 Å². The van der Waals surface area contributed by atoms with Gasteiger partial charge >= 0.3 is 0 Å². The van der Waals surface area contributed by atoms with Gasteiger partial charge in [-0.25, -0.2) is 0 Å². The van der Waals surface area contributed by atoms with Gasteiger partial charge in [-0.15, -0.1) is 0 Å². The molecule has 0 bridgehead atoms. The molecule has 0 aliphatic heterocycles. The van der Waals surface area contributed by atoms with Crippen molar-refractivity contribution >= 4 is 5.57 Å². The number of hydrogen-bond donors (Lipinski definition) is 0. The highest BCUT2D eigenvalue weighted by Gasteiger charge is 2.37. The first-order valence-corrected chi connectivity index (χ1v) is 6.64. The molecule has 0 amide bonds. The van der Waals surface area contributed by atoms with Crippen LogP contribution in [0.15, 0.2) is 48.1 Å². The summed E-state index contributed by atoms with van der Waals surface area (Å²) in [5.74, 6) is 0. The van der Waals surface area contributed by atoms with Crippen molar-refractivity contribution in [3.05, 3.63) is 53.6 Å². The van der Waals surface area contributed by atoms with Crippen LogP contribution in [0.1, 0.15) is 44.6 Å². The largest absolute Gasteiger partial charge is 0.0947 e. The molecule has 0 spiro atoms. The Hall–Kier alpha value is -1.30. The highest BCUT2D eigenvalue weighted by atomic mass is 14.4. The normalized spacial score (nSPS) is 27.4. The van der Waals surface area contributed by atoms with Crippen LogP contribution in [0, 0.1) is 5.41 Å². The molecule has 2 saturated carbocycles. The lowest BCUT2D eigenvalue weighted by atomic mass is 9.78. The molecule has 0 N–H and O–H groups in total. The highest BCUT2D eigenvalue weighted by Crippen LogP contribution is 2.52. The van der Waals surface area contributed by atoms with E-state index in [-0.39, 0.29) is 0 Å². The lowest BCUT2D eigenvalue weighted by molar-refractivity contribution is 0.475. The van der Waals surface area contributed by atoms with E-state index in [9.17, 15) is 0 Å². The molecular formula is C17H20. The van der Waals surface area contributed by atoms with E-state index < -0.39 is 0 Å². The quantitative estimate of drug-likeness (QED) is 0.621.